The average Bonchev–Trinajstić information content (AvgIpc) is 2.55. The van der Waals surface area contributed by atoms with Crippen LogP contribution in [-0.4, -0.2) is 28.6 Å². The Balaban J connectivity index is 2.18. The third kappa shape index (κ3) is 3.65. The van der Waals surface area contributed by atoms with E-state index in [1.807, 2.05) is 6.92 Å². The first-order valence-corrected chi connectivity index (χ1v) is 7.25. The van der Waals surface area contributed by atoms with Gasteiger partial charge in [0.1, 0.15) is 0 Å². The number of carbonyl (C=O) groups excluding carboxylic acids is 2. The van der Waals surface area contributed by atoms with Crippen molar-refractivity contribution in [2.45, 2.75) is 20.3 Å². The molecule has 8 heteroatoms. The summed E-state index contributed by atoms with van der Waals surface area (Å²) in [7, 11) is 0. The molecule has 0 aliphatic rings. The molecule has 0 aliphatic heterocycles. The molecule has 0 radical (unpaired) electrons. The first-order chi connectivity index (χ1) is 10.9. The molecule has 4 N–H and O–H groups in total. The Labute approximate surface area is 131 Å². The Morgan fingerprint density at radius 3 is 2.57 bits per heavy atom. The summed E-state index contributed by atoms with van der Waals surface area (Å²) in [5, 5.41) is 9.77. The molecule has 0 bridgehead atoms. The maximum atomic E-state index is 11.9. The predicted molar refractivity (Wildman–Crippen MR) is 86.3 cm³/mol. The first kappa shape index (κ1) is 16.5. The SMILES string of the molecule is CCC(C)C(=O)NCC(=O)Nc1cccc2c(=O)[nH][nH]c(=O)c12. The summed E-state index contributed by atoms with van der Waals surface area (Å²) in [5.41, 5.74) is -0.752. The number of carbonyl (C=O) groups is 2. The molecule has 122 valence electrons. The van der Waals surface area contributed by atoms with E-state index in [1.165, 1.54) is 12.1 Å². The van der Waals surface area contributed by atoms with Crippen LogP contribution in [0.1, 0.15) is 20.3 Å². The average molecular weight is 318 g/mol. The second-order valence-corrected chi connectivity index (χ2v) is 5.21. The summed E-state index contributed by atoms with van der Waals surface area (Å²) in [6, 6.07) is 4.57. The second kappa shape index (κ2) is 6.91. The molecule has 0 fully saturated rings. The number of nitrogens with one attached hydrogen (secondary N) is 4. The number of hydrogen-bond donors (Lipinski definition) is 4. The highest BCUT2D eigenvalue weighted by molar-refractivity contribution is 6.02. The fraction of sp³-hybridized carbons (Fsp3) is 0.333. The number of hydrogen-bond acceptors (Lipinski definition) is 4. The first-order valence-electron chi connectivity index (χ1n) is 7.25. The minimum Gasteiger partial charge on any atom is -0.347 e. The van der Waals surface area contributed by atoms with Gasteiger partial charge in [0, 0.05) is 5.92 Å². The standard InChI is InChI=1S/C15H18N4O4/c1-3-8(2)13(21)16-7-11(20)17-10-6-4-5-9-12(10)15(23)19-18-14(9)22/h4-6,8H,3,7H2,1-2H3,(H,16,21)(H,17,20)(H,18,22)(H,19,23). The van der Waals surface area contributed by atoms with Gasteiger partial charge in [-0.3, -0.25) is 29.4 Å². The summed E-state index contributed by atoms with van der Waals surface area (Å²) in [6.07, 6.45) is 0.676. The van der Waals surface area contributed by atoms with Crippen LogP contribution in [0.5, 0.6) is 0 Å². The minimum absolute atomic E-state index is 0.0952. The maximum Gasteiger partial charge on any atom is 0.272 e. The molecule has 1 aromatic carbocycles. The minimum atomic E-state index is -0.515. The molecule has 2 aromatic rings. The molecule has 0 saturated carbocycles. The Morgan fingerprint density at radius 2 is 1.87 bits per heavy atom. The van der Waals surface area contributed by atoms with Gasteiger partial charge in [0.05, 0.1) is 23.0 Å². The van der Waals surface area contributed by atoms with E-state index in [0.717, 1.165) is 0 Å². The fourth-order valence-electron chi connectivity index (χ4n) is 2.06. The monoisotopic (exact) mass is 318 g/mol. The molecule has 0 saturated heterocycles. The smallest absolute Gasteiger partial charge is 0.272 e. The van der Waals surface area contributed by atoms with Gasteiger partial charge in [-0.15, -0.1) is 0 Å². The highest BCUT2D eigenvalue weighted by atomic mass is 16.2. The molecular weight excluding hydrogens is 300 g/mol. The van der Waals surface area contributed by atoms with Crippen LogP contribution in [0.4, 0.5) is 5.69 Å². The summed E-state index contributed by atoms with van der Waals surface area (Å²) >= 11 is 0. The van der Waals surface area contributed by atoms with Crippen LogP contribution < -0.4 is 21.8 Å². The molecule has 2 rings (SSSR count). The Bertz CT molecular complexity index is 852. The number of aromatic nitrogens is 2. The molecule has 1 unspecified atom stereocenters. The quantitative estimate of drug-likeness (QED) is 0.633. The highest BCUT2D eigenvalue weighted by Crippen LogP contribution is 2.16. The number of H-pyrrole nitrogens is 2. The van der Waals surface area contributed by atoms with Crippen molar-refractivity contribution in [2.75, 3.05) is 11.9 Å². The van der Waals surface area contributed by atoms with Crippen LogP contribution >= 0.6 is 0 Å². The number of rotatable bonds is 5. The van der Waals surface area contributed by atoms with Crippen molar-refractivity contribution in [3.05, 3.63) is 38.9 Å². The van der Waals surface area contributed by atoms with E-state index in [0.29, 0.717) is 6.42 Å². The lowest BCUT2D eigenvalue weighted by Crippen LogP contribution is -2.36. The van der Waals surface area contributed by atoms with Crippen LogP contribution in [0.25, 0.3) is 10.8 Å². The van der Waals surface area contributed by atoms with E-state index in [2.05, 4.69) is 20.8 Å². The van der Waals surface area contributed by atoms with E-state index in [1.54, 1.807) is 13.0 Å². The Morgan fingerprint density at radius 1 is 1.17 bits per heavy atom. The zero-order chi connectivity index (χ0) is 17.0. The van der Waals surface area contributed by atoms with Crippen LogP contribution in [0.2, 0.25) is 0 Å². The number of fused-ring (bicyclic) bond motifs is 1. The lowest BCUT2D eigenvalue weighted by atomic mass is 10.1. The molecule has 1 aromatic heterocycles. The fourth-order valence-corrected chi connectivity index (χ4v) is 2.06. The van der Waals surface area contributed by atoms with E-state index in [4.69, 9.17) is 0 Å². The Hall–Kier alpha value is -2.90. The van der Waals surface area contributed by atoms with Gasteiger partial charge in [-0.2, -0.15) is 0 Å². The normalized spacial score (nSPS) is 11.9. The van der Waals surface area contributed by atoms with Crippen molar-refractivity contribution in [3.8, 4) is 0 Å². The van der Waals surface area contributed by atoms with Gasteiger partial charge < -0.3 is 10.6 Å². The number of anilines is 1. The van der Waals surface area contributed by atoms with E-state index in [-0.39, 0.29) is 34.8 Å². The Kier molecular flexibility index (Phi) is 4.95. The lowest BCUT2D eigenvalue weighted by molar-refractivity contribution is -0.126. The molecule has 1 atom stereocenters. The number of amides is 2. The zero-order valence-corrected chi connectivity index (χ0v) is 12.9. The van der Waals surface area contributed by atoms with Crippen molar-refractivity contribution in [3.63, 3.8) is 0 Å². The maximum absolute atomic E-state index is 11.9. The van der Waals surface area contributed by atoms with E-state index >= 15 is 0 Å². The summed E-state index contributed by atoms with van der Waals surface area (Å²) < 4.78 is 0. The van der Waals surface area contributed by atoms with Gasteiger partial charge in [-0.1, -0.05) is 19.9 Å². The number of aromatic amines is 2. The van der Waals surface area contributed by atoms with E-state index < -0.39 is 17.0 Å². The van der Waals surface area contributed by atoms with Crippen LogP contribution in [0.15, 0.2) is 27.8 Å². The van der Waals surface area contributed by atoms with Gasteiger partial charge in [0.25, 0.3) is 11.1 Å². The third-order valence-electron chi connectivity index (χ3n) is 3.58. The third-order valence-corrected chi connectivity index (χ3v) is 3.58. The largest absolute Gasteiger partial charge is 0.347 e. The van der Waals surface area contributed by atoms with Crippen molar-refractivity contribution in [1.82, 2.24) is 15.5 Å². The van der Waals surface area contributed by atoms with Crippen LogP contribution in [-0.2, 0) is 9.59 Å². The molecule has 0 aliphatic carbocycles. The van der Waals surface area contributed by atoms with Crippen molar-refractivity contribution >= 4 is 28.3 Å². The van der Waals surface area contributed by atoms with Gasteiger partial charge in [0.15, 0.2) is 0 Å². The zero-order valence-electron chi connectivity index (χ0n) is 12.9. The number of benzene rings is 1. The summed E-state index contributed by atoms with van der Waals surface area (Å²) in [6.45, 7) is 3.44. The van der Waals surface area contributed by atoms with Crippen molar-refractivity contribution in [2.24, 2.45) is 5.92 Å². The highest BCUT2D eigenvalue weighted by Gasteiger charge is 2.13. The van der Waals surface area contributed by atoms with Crippen molar-refractivity contribution in [1.29, 1.82) is 0 Å². The van der Waals surface area contributed by atoms with Crippen LogP contribution in [0, 0.1) is 5.92 Å². The van der Waals surface area contributed by atoms with Gasteiger partial charge >= 0.3 is 0 Å². The molecule has 23 heavy (non-hydrogen) atoms. The molecule has 0 spiro atoms. The molecule has 2 amide bonds. The topological polar surface area (TPSA) is 124 Å². The van der Waals surface area contributed by atoms with Crippen molar-refractivity contribution < 1.29 is 9.59 Å². The predicted octanol–water partition coefficient (Wildman–Crippen LogP) is 0.317. The van der Waals surface area contributed by atoms with Gasteiger partial charge in [0.2, 0.25) is 11.8 Å². The summed E-state index contributed by atoms with van der Waals surface area (Å²) in [4.78, 5) is 47.2. The second-order valence-electron chi connectivity index (χ2n) is 5.21. The molecular formula is C15H18N4O4. The van der Waals surface area contributed by atoms with Gasteiger partial charge in [-0.05, 0) is 18.6 Å². The molecule has 8 nitrogen and oxygen atoms in total. The summed E-state index contributed by atoms with van der Waals surface area (Å²) in [5.74, 6) is -0.870. The van der Waals surface area contributed by atoms with Crippen LogP contribution in [0.3, 0.4) is 0 Å². The molecule has 1 heterocycles. The lowest BCUT2D eigenvalue weighted by Gasteiger charge is -2.11. The van der Waals surface area contributed by atoms with E-state index in [9.17, 15) is 19.2 Å². The van der Waals surface area contributed by atoms with Gasteiger partial charge in [-0.25, -0.2) is 0 Å².